The highest BCUT2D eigenvalue weighted by Gasteiger charge is 2.81. The Kier molecular flexibility index (Phi) is 4.87. The summed E-state index contributed by atoms with van der Waals surface area (Å²) in [5.74, 6) is -0.391. The van der Waals surface area contributed by atoms with Gasteiger partial charge < -0.3 is 24.1 Å². The second-order valence-electron chi connectivity index (χ2n) is 9.89. The molecule has 2 bridgehead atoms. The zero-order chi connectivity index (χ0) is 21.2. The van der Waals surface area contributed by atoms with Gasteiger partial charge in [0.2, 0.25) is 0 Å². The van der Waals surface area contributed by atoms with Gasteiger partial charge in [0, 0.05) is 30.6 Å². The maximum atomic E-state index is 12.4. The molecule has 7 heteroatoms. The number of rotatable bonds is 5. The average Bonchev–Trinajstić information content (AvgIpc) is 3.37. The molecule has 7 atom stereocenters. The van der Waals surface area contributed by atoms with Crippen molar-refractivity contribution in [3.05, 3.63) is 11.6 Å². The third kappa shape index (κ3) is 2.96. The van der Waals surface area contributed by atoms with E-state index >= 15 is 0 Å². The minimum absolute atomic E-state index is 0.135. The lowest BCUT2D eigenvalue weighted by Gasteiger charge is -2.58. The summed E-state index contributed by atoms with van der Waals surface area (Å²) in [6.45, 7) is 10.0. The fourth-order valence-electron chi connectivity index (χ4n) is 5.89. The van der Waals surface area contributed by atoms with Gasteiger partial charge in [-0.3, -0.25) is 9.59 Å². The smallest absolute Gasteiger partial charge is 0.306 e. The fraction of sp³-hybridized carbons (Fsp3) is 0.818. The van der Waals surface area contributed by atoms with Crippen LogP contribution in [-0.4, -0.2) is 60.3 Å². The molecule has 1 N–H and O–H groups in total. The average molecular weight is 408 g/mol. The van der Waals surface area contributed by atoms with Gasteiger partial charge in [-0.1, -0.05) is 26.8 Å². The SMILES string of the molecule is CC(=O)OC[C@]12C[C@H](OC(=O)CC(C)C)C(C)=CC1OC1[C@H](O)CC2(C)C12CO2. The lowest BCUT2D eigenvalue weighted by molar-refractivity contribution is -0.230. The van der Waals surface area contributed by atoms with Crippen molar-refractivity contribution >= 4 is 11.9 Å². The molecule has 2 heterocycles. The van der Waals surface area contributed by atoms with Gasteiger partial charge in [-0.25, -0.2) is 0 Å². The Balaban J connectivity index is 1.71. The lowest BCUT2D eigenvalue weighted by Crippen LogP contribution is -2.66. The monoisotopic (exact) mass is 408 g/mol. The van der Waals surface area contributed by atoms with E-state index < -0.39 is 34.7 Å². The summed E-state index contributed by atoms with van der Waals surface area (Å²) in [6.07, 6.45) is 1.50. The first-order valence-corrected chi connectivity index (χ1v) is 10.5. The largest absolute Gasteiger partial charge is 0.465 e. The molecule has 2 aliphatic heterocycles. The molecule has 0 amide bonds. The van der Waals surface area contributed by atoms with E-state index in [4.69, 9.17) is 18.9 Å². The van der Waals surface area contributed by atoms with Crippen LogP contribution < -0.4 is 0 Å². The maximum Gasteiger partial charge on any atom is 0.306 e. The number of ether oxygens (including phenoxy) is 4. The van der Waals surface area contributed by atoms with E-state index in [1.165, 1.54) is 6.92 Å². The van der Waals surface area contributed by atoms with Crippen molar-refractivity contribution in [1.29, 1.82) is 0 Å². The van der Waals surface area contributed by atoms with E-state index in [1.54, 1.807) is 0 Å². The molecule has 4 unspecified atom stereocenters. The maximum absolute atomic E-state index is 12.4. The first-order valence-electron chi connectivity index (χ1n) is 10.5. The number of carbonyl (C=O) groups excluding carboxylic acids is 2. The Hall–Kier alpha value is -1.44. The van der Waals surface area contributed by atoms with Crippen LogP contribution in [0.2, 0.25) is 0 Å². The van der Waals surface area contributed by atoms with E-state index in [9.17, 15) is 14.7 Å². The summed E-state index contributed by atoms with van der Waals surface area (Å²) in [4.78, 5) is 24.1. The van der Waals surface area contributed by atoms with Gasteiger partial charge in [0.25, 0.3) is 0 Å². The first kappa shape index (κ1) is 20.8. The van der Waals surface area contributed by atoms with Crippen LogP contribution in [0.25, 0.3) is 0 Å². The van der Waals surface area contributed by atoms with Crippen molar-refractivity contribution < 1.29 is 33.6 Å². The van der Waals surface area contributed by atoms with E-state index in [2.05, 4.69) is 6.92 Å². The summed E-state index contributed by atoms with van der Waals surface area (Å²) in [6, 6.07) is 0. The number of hydrogen-bond acceptors (Lipinski definition) is 7. The molecule has 1 saturated carbocycles. The Morgan fingerprint density at radius 2 is 2.03 bits per heavy atom. The molecule has 3 fully saturated rings. The molecule has 0 radical (unpaired) electrons. The van der Waals surface area contributed by atoms with Crippen molar-refractivity contribution in [2.75, 3.05) is 13.2 Å². The second kappa shape index (κ2) is 6.79. The van der Waals surface area contributed by atoms with Gasteiger partial charge in [-0.15, -0.1) is 0 Å². The molecule has 2 saturated heterocycles. The molecule has 4 aliphatic rings. The number of fused-ring (bicyclic) bond motifs is 2. The molecule has 0 aromatic carbocycles. The standard InChI is InChI=1S/C22H32O7/c1-12(2)6-18(25)28-16-9-21(10-26-14(4)23)17(7-13(16)3)29-19-15(24)8-20(21,5)22(19)11-27-22/h7,12,15-17,19,24H,6,8-11H2,1-5H3/t15-,16+,17?,19?,20?,21-,22?/m1/s1. The number of carbonyl (C=O) groups is 2. The number of aliphatic hydroxyl groups is 1. The van der Waals surface area contributed by atoms with Crippen molar-refractivity contribution in [2.24, 2.45) is 16.7 Å². The van der Waals surface area contributed by atoms with Crippen LogP contribution in [-0.2, 0) is 28.5 Å². The Morgan fingerprint density at radius 1 is 1.34 bits per heavy atom. The van der Waals surface area contributed by atoms with E-state index in [1.807, 2.05) is 26.8 Å². The number of aliphatic hydroxyl groups excluding tert-OH is 1. The minimum atomic E-state index is -0.647. The summed E-state index contributed by atoms with van der Waals surface area (Å²) in [5, 5.41) is 10.7. The van der Waals surface area contributed by atoms with Crippen LogP contribution in [0, 0.1) is 16.7 Å². The second-order valence-corrected chi connectivity index (χ2v) is 9.89. The molecule has 4 rings (SSSR count). The normalized spacial score (nSPS) is 45.0. The van der Waals surface area contributed by atoms with Gasteiger partial charge in [0.05, 0.1) is 18.8 Å². The molecule has 29 heavy (non-hydrogen) atoms. The fourth-order valence-corrected chi connectivity index (χ4v) is 5.89. The van der Waals surface area contributed by atoms with E-state index in [0.717, 1.165) is 5.57 Å². The molecule has 0 aromatic rings. The summed E-state index contributed by atoms with van der Waals surface area (Å²) >= 11 is 0. The number of esters is 2. The molecule has 7 nitrogen and oxygen atoms in total. The zero-order valence-corrected chi connectivity index (χ0v) is 17.9. The number of epoxide rings is 1. The van der Waals surface area contributed by atoms with Gasteiger partial charge in [0.1, 0.15) is 24.4 Å². The molecular formula is C22H32O7. The quantitative estimate of drug-likeness (QED) is 0.423. The van der Waals surface area contributed by atoms with Crippen LogP contribution in [0.4, 0.5) is 0 Å². The van der Waals surface area contributed by atoms with Crippen LogP contribution >= 0.6 is 0 Å². The Morgan fingerprint density at radius 3 is 2.62 bits per heavy atom. The third-order valence-electron chi connectivity index (χ3n) is 7.61. The van der Waals surface area contributed by atoms with Crippen molar-refractivity contribution in [1.82, 2.24) is 0 Å². The van der Waals surface area contributed by atoms with Gasteiger partial charge in [-0.05, 0) is 24.8 Å². The third-order valence-corrected chi connectivity index (χ3v) is 7.61. The van der Waals surface area contributed by atoms with Crippen LogP contribution in [0.5, 0.6) is 0 Å². The highest BCUT2D eigenvalue weighted by atomic mass is 16.6. The molecule has 0 aromatic heterocycles. The van der Waals surface area contributed by atoms with Gasteiger partial charge >= 0.3 is 11.9 Å². The summed E-state index contributed by atoms with van der Waals surface area (Å²) < 4.78 is 23.7. The van der Waals surface area contributed by atoms with E-state index in [-0.39, 0.29) is 30.6 Å². The molecule has 2 aliphatic carbocycles. The summed E-state index contributed by atoms with van der Waals surface area (Å²) in [5.41, 5.74) is -0.765. The van der Waals surface area contributed by atoms with Crippen molar-refractivity contribution in [3.8, 4) is 0 Å². The predicted molar refractivity (Wildman–Crippen MR) is 103 cm³/mol. The zero-order valence-electron chi connectivity index (χ0n) is 17.9. The summed E-state index contributed by atoms with van der Waals surface area (Å²) in [7, 11) is 0. The lowest BCUT2D eigenvalue weighted by atomic mass is 9.51. The Labute approximate surface area is 171 Å². The van der Waals surface area contributed by atoms with Crippen LogP contribution in [0.1, 0.15) is 53.9 Å². The molecule has 162 valence electrons. The molecular weight excluding hydrogens is 376 g/mol. The van der Waals surface area contributed by atoms with Gasteiger partial charge in [-0.2, -0.15) is 0 Å². The van der Waals surface area contributed by atoms with Crippen LogP contribution in [0.15, 0.2) is 11.6 Å². The minimum Gasteiger partial charge on any atom is -0.465 e. The topological polar surface area (TPSA) is 94.6 Å². The van der Waals surface area contributed by atoms with Crippen LogP contribution in [0.3, 0.4) is 0 Å². The van der Waals surface area contributed by atoms with Gasteiger partial charge in [0.15, 0.2) is 0 Å². The first-order chi connectivity index (χ1) is 13.5. The van der Waals surface area contributed by atoms with Crippen molar-refractivity contribution in [3.63, 3.8) is 0 Å². The van der Waals surface area contributed by atoms with E-state index in [0.29, 0.717) is 25.9 Å². The highest BCUT2D eigenvalue weighted by molar-refractivity contribution is 5.70. The number of hydrogen-bond donors (Lipinski definition) is 1. The predicted octanol–water partition coefficient (Wildman–Crippen LogP) is 2.15. The highest BCUT2D eigenvalue weighted by Crippen LogP contribution is 2.71. The van der Waals surface area contributed by atoms with Crippen molar-refractivity contribution in [2.45, 2.75) is 83.9 Å². The Bertz CT molecular complexity index is 739. The molecule has 1 spiro atoms.